The molecule has 0 fully saturated rings. The van der Waals surface area contributed by atoms with Crippen molar-refractivity contribution in [2.75, 3.05) is 20.0 Å². The van der Waals surface area contributed by atoms with Gasteiger partial charge in [-0.1, -0.05) is 11.8 Å². The van der Waals surface area contributed by atoms with Crippen molar-refractivity contribution in [2.24, 2.45) is 0 Å². The number of methoxy groups -OCH3 is 2. The van der Waals surface area contributed by atoms with E-state index in [4.69, 9.17) is 9.47 Å². The molecule has 3 rings (SSSR count). The maximum atomic E-state index is 12.4. The second-order valence-corrected chi connectivity index (χ2v) is 6.79. The summed E-state index contributed by atoms with van der Waals surface area (Å²) >= 11 is 1.34. The third-order valence-electron chi connectivity index (χ3n) is 3.96. The van der Waals surface area contributed by atoms with E-state index in [1.807, 2.05) is 37.3 Å². The molecular formula is C21H20N2O3S. The van der Waals surface area contributed by atoms with Crippen LogP contribution in [-0.4, -0.2) is 35.7 Å². The van der Waals surface area contributed by atoms with Crippen LogP contribution < -0.4 is 9.47 Å². The number of carbonyl (C=O) groups excluding carboxylic acids is 1. The molecule has 0 N–H and O–H groups in total. The highest BCUT2D eigenvalue weighted by Crippen LogP contribution is 2.24. The van der Waals surface area contributed by atoms with Crippen LogP contribution in [-0.2, 0) is 0 Å². The molecule has 0 radical (unpaired) electrons. The number of carbonyl (C=O) groups is 1. The minimum atomic E-state index is 0.0266. The largest absolute Gasteiger partial charge is 0.497 e. The summed E-state index contributed by atoms with van der Waals surface area (Å²) in [4.78, 5) is 21.4. The number of hydrogen-bond acceptors (Lipinski definition) is 6. The summed E-state index contributed by atoms with van der Waals surface area (Å²) < 4.78 is 10.3. The summed E-state index contributed by atoms with van der Waals surface area (Å²) in [5.74, 6) is 1.83. The third kappa shape index (κ3) is 4.86. The number of aryl methyl sites for hydroxylation is 1. The summed E-state index contributed by atoms with van der Waals surface area (Å²) in [7, 11) is 3.24. The van der Waals surface area contributed by atoms with Crippen molar-refractivity contribution in [3.63, 3.8) is 0 Å². The van der Waals surface area contributed by atoms with Crippen LogP contribution in [0.5, 0.6) is 11.5 Å². The normalized spacial score (nSPS) is 10.5. The van der Waals surface area contributed by atoms with E-state index in [9.17, 15) is 4.79 Å². The molecule has 0 atom stereocenters. The van der Waals surface area contributed by atoms with Gasteiger partial charge in [0.1, 0.15) is 11.5 Å². The zero-order chi connectivity index (χ0) is 19.2. The Bertz CT molecular complexity index is 925. The number of hydrogen-bond donors (Lipinski definition) is 0. The first-order valence-corrected chi connectivity index (χ1v) is 9.38. The maximum Gasteiger partial charge on any atom is 0.188 e. The van der Waals surface area contributed by atoms with Crippen molar-refractivity contribution in [3.05, 3.63) is 65.9 Å². The van der Waals surface area contributed by atoms with Gasteiger partial charge in [0.05, 0.1) is 25.7 Å². The molecule has 0 amide bonds. The third-order valence-corrected chi connectivity index (χ3v) is 4.81. The van der Waals surface area contributed by atoms with Gasteiger partial charge in [-0.15, -0.1) is 0 Å². The lowest BCUT2D eigenvalue weighted by Gasteiger charge is -2.07. The average Bonchev–Trinajstić information content (AvgIpc) is 2.71. The van der Waals surface area contributed by atoms with Gasteiger partial charge in [-0.05, 0) is 61.5 Å². The molecule has 3 aromatic rings. The van der Waals surface area contributed by atoms with Gasteiger partial charge in [-0.2, -0.15) is 0 Å². The van der Waals surface area contributed by atoms with Crippen LogP contribution in [0.2, 0.25) is 0 Å². The van der Waals surface area contributed by atoms with Gasteiger partial charge in [0.2, 0.25) is 0 Å². The predicted molar refractivity (Wildman–Crippen MR) is 107 cm³/mol. The van der Waals surface area contributed by atoms with Crippen LogP contribution in [0.3, 0.4) is 0 Å². The topological polar surface area (TPSA) is 61.3 Å². The van der Waals surface area contributed by atoms with Gasteiger partial charge in [-0.25, -0.2) is 9.97 Å². The Morgan fingerprint density at radius 2 is 1.52 bits per heavy atom. The first-order valence-electron chi connectivity index (χ1n) is 8.39. The Morgan fingerprint density at radius 3 is 2.11 bits per heavy atom. The lowest BCUT2D eigenvalue weighted by Crippen LogP contribution is -2.03. The first kappa shape index (κ1) is 18.9. The summed E-state index contributed by atoms with van der Waals surface area (Å²) in [6, 6.07) is 16.7. The fraction of sp³-hybridized carbons (Fsp3) is 0.190. The number of thioether (sulfide) groups is 1. The molecule has 0 spiro atoms. The SMILES string of the molecule is COc1ccc(C(=O)CSc2nc(C)cc(-c3ccc(OC)cc3)n2)cc1. The van der Waals surface area contributed by atoms with E-state index >= 15 is 0 Å². The van der Waals surface area contributed by atoms with Crippen molar-refractivity contribution in [1.29, 1.82) is 0 Å². The number of ketones is 1. The summed E-state index contributed by atoms with van der Waals surface area (Å²) in [6.45, 7) is 1.92. The monoisotopic (exact) mass is 380 g/mol. The number of aromatic nitrogens is 2. The lowest BCUT2D eigenvalue weighted by molar-refractivity contribution is 0.102. The molecule has 0 bridgehead atoms. The number of rotatable bonds is 7. The molecule has 1 aromatic heterocycles. The van der Waals surface area contributed by atoms with Crippen LogP contribution in [0.4, 0.5) is 0 Å². The fourth-order valence-corrected chi connectivity index (χ4v) is 3.30. The van der Waals surface area contributed by atoms with E-state index in [-0.39, 0.29) is 11.5 Å². The number of benzene rings is 2. The summed E-state index contributed by atoms with van der Waals surface area (Å²) in [5.41, 5.74) is 3.30. The van der Waals surface area contributed by atoms with E-state index < -0.39 is 0 Å². The van der Waals surface area contributed by atoms with Crippen LogP contribution in [0.15, 0.2) is 59.8 Å². The molecule has 1 heterocycles. The van der Waals surface area contributed by atoms with Gasteiger partial charge >= 0.3 is 0 Å². The van der Waals surface area contributed by atoms with Gasteiger partial charge < -0.3 is 9.47 Å². The molecule has 5 nitrogen and oxygen atoms in total. The van der Waals surface area contributed by atoms with Gasteiger partial charge in [-0.3, -0.25) is 4.79 Å². The van der Waals surface area contributed by atoms with Crippen LogP contribution in [0.1, 0.15) is 16.1 Å². The van der Waals surface area contributed by atoms with Crippen LogP contribution >= 0.6 is 11.8 Å². The van der Waals surface area contributed by atoms with Crippen LogP contribution in [0, 0.1) is 6.92 Å². The Balaban J connectivity index is 1.72. The second kappa shape index (κ2) is 8.68. The summed E-state index contributed by atoms with van der Waals surface area (Å²) in [5, 5.41) is 0.586. The van der Waals surface area contributed by atoms with E-state index in [1.54, 1.807) is 38.5 Å². The Kier molecular flexibility index (Phi) is 6.08. The minimum absolute atomic E-state index is 0.0266. The fourth-order valence-electron chi connectivity index (χ4n) is 2.51. The van der Waals surface area contributed by atoms with Crippen molar-refractivity contribution in [3.8, 4) is 22.8 Å². The van der Waals surface area contributed by atoms with Crippen LogP contribution in [0.25, 0.3) is 11.3 Å². The van der Waals surface area contributed by atoms with Crippen molar-refractivity contribution in [1.82, 2.24) is 9.97 Å². The van der Waals surface area contributed by atoms with E-state index in [1.165, 1.54) is 11.8 Å². The predicted octanol–water partition coefficient (Wildman–Crippen LogP) is 4.44. The molecule has 138 valence electrons. The molecule has 0 aliphatic rings. The number of Topliss-reactive ketones (excluding diaryl/α,β-unsaturated/α-hetero) is 1. The van der Waals surface area contributed by atoms with Gasteiger partial charge in [0.15, 0.2) is 10.9 Å². The standard InChI is InChI=1S/C21H20N2O3S/c1-14-12-19(15-4-8-17(25-2)9-5-15)23-21(22-14)27-13-20(24)16-6-10-18(26-3)11-7-16/h4-12H,13H2,1-3H3. The maximum absolute atomic E-state index is 12.4. The molecule has 2 aromatic carbocycles. The molecular weight excluding hydrogens is 360 g/mol. The van der Waals surface area contributed by atoms with Gasteiger partial charge in [0, 0.05) is 16.8 Å². The Hall–Kier alpha value is -2.86. The number of ether oxygens (including phenoxy) is 2. The smallest absolute Gasteiger partial charge is 0.188 e. The highest BCUT2D eigenvalue weighted by atomic mass is 32.2. The summed E-state index contributed by atoms with van der Waals surface area (Å²) in [6.07, 6.45) is 0. The molecule has 0 saturated carbocycles. The lowest BCUT2D eigenvalue weighted by atomic mass is 10.1. The highest BCUT2D eigenvalue weighted by Gasteiger charge is 2.10. The minimum Gasteiger partial charge on any atom is -0.497 e. The molecule has 6 heteroatoms. The zero-order valence-electron chi connectivity index (χ0n) is 15.4. The zero-order valence-corrected chi connectivity index (χ0v) is 16.2. The Morgan fingerprint density at radius 1 is 0.926 bits per heavy atom. The van der Waals surface area contributed by atoms with Crippen molar-refractivity contribution in [2.45, 2.75) is 12.1 Å². The quantitative estimate of drug-likeness (QED) is 0.343. The molecule has 0 aliphatic heterocycles. The highest BCUT2D eigenvalue weighted by molar-refractivity contribution is 7.99. The van der Waals surface area contributed by atoms with Crippen molar-refractivity contribution < 1.29 is 14.3 Å². The van der Waals surface area contributed by atoms with Gasteiger partial charge in [0.25, 0.3) is 0 Å². The first-order chi connectivity index (χ1) is 13.1. The number of nitrogens with zero attached hydrogens (tertiary/aromatic N) is 2. The van der Waals surface area contributed by atoms with Crippen molar-refractivity contribution >= 4 is 17.5 Å². The van der Waals surface area contributed by atoms with E-state index in [0.29, 0.717) is 10.7 Å². The molecule has 0 unspecified atom stereocenters. The average molecular weight is 380 g/mol. The molecule has 0 saturated heterocycles. The van der Waals surface area contributed by atoms with E-state index in [0.717, 1.165) is 28.5 Å². The molecule has 0 aliphatic carbocycles. The second-order valence-electron chi connectivity index (χ2n) is 5.85. The van der Waals surface area contributed by atoms with E-state index in [2.05, 4.69) is 9.97 Å². The Labute approximate surface area is 162 Å². The molecule has 27 heavy (non-hydrogen) atoms.